The van der Waals surface area contributed by atoms with Gasteiger partial charge in [0.1, 0.15) is 5.01 Å². The second-order valence-corrected chi connectivity index (χ2v) is 6.33. The first-order valence-electron chi connectivity index (χ1n) is 7.06. The Kier molecular flexibility index (Phi) is 4.93. The summed E-state index contributed by atoms with van der Waals surface area (Å²) < 4.78 is 0. The third kappa shape index (κ3) is 3.76. The molecule has 1 atom stereocenters. The zero-order valence-electron chi connectivity index (χ0n) is 12.0. The SMILES string of the molecule is CCc1cnc(C(C)NC2CCN(C(C)=O)CC2)s1. The van der Waals surface area contributed by atoms with Gasteiger partial charge in [-0.2, -0.15) is 0 Å². The molecule has 0 bridgehead atoms. The van der Waals surface area contributed by atoms with Crippen LogP contribution in [0.1, 0.15) is 49.5 Å². The monoisotopic (exact) mass is 281 g/mol. The van der Waals surface area contributed by atoms with Crippen molar-refractivity contribution in [2.75, 3.05) is 13.1 Å². The summed E-state index contributed by atoms with van der Waals surface area (Å²) in [4.78, 5) is 19.0. The first-order chi connectivity index (χ1) is 9.10. The van der Waals surface area contributed by atoms with Crippen LogP contribution in [0.2, 0.25) is 0 Å². The van der Waals surface area contributed by atoms with E-state index >= 15 is 0 Å². The number of hydrogen-bond donors (Lipinski definition) is 1. The van der Waals surface area contributed by atoms with E-state index in [4.69, 9.17) is 0 Å². The second-order valence-electron chi connectivity index (χ2n) is 5.19. The fraction of sp³-hybridized carbons (Fsp3) is 0.714. The molecule has 5 heteroatoms. The predicted octanol–water partition coefficient (Wildman–Crippen LogP) is 2.37. The molecule has 0 spiro atoms. The number of amides is 1. The Labute approximate surface area is 119 Å². The summed E-state index contributed by atoms with van der Waals surface area (Å²) in [6.07, 6.45) is 5.11. The summed E-state index contributed by atoms with van der Waals surface area (Å²) in [5.41, 5.74) is 0. The molecule has 19 heavy (non-hydrogen) atoms. The van der Waals surface area contributed by atoms with Crippen molar-refractivity contribution in [3.8, 4) is 0 Å². The minimum Gasteiger partial charge on any atom is -0.343 e. The minimum absolute atomic E-state index is 0.194. The molecule has 1 aromatic heterocycles. The van der Waals surface area contributed by atoms with Gasteiger partial charge in [0.2, 0.25) is 5.91 Å². The third-order valence-electron chi connectivity index (χ3n) is 3.72. The lowest BCUT2D eigenvalue weighted by atomic mass is 10.0. The molecular weight excluding hydrogens is 258 g/mol. The van der Waals surface area contributed by atoms with Crippen LogP contribution >= 0.6 is 11.3 Å². The van der Waals surface area contributed by atoms with Gasteiger partial charge in [0, 0.05) is 37.1 Å². The lowest BCUT2D eigenvalue weighted by molar-refractivity contribution is -0.129. The molecule has 0 aliphatic carbocycles. The Bertz CT molecular complexity index is 424. The van der Waals surface area contributed by atoms with Crippen molar-refractivity contribution in [1.29, 1.82) is 0 Å². The predicted molar refractivity (Wildman–Crippen MR) is 78.3 cm³/mol. The smallest absolute Gasteiger partial charge is 0.219 e. The van der Waals surface area contributed by atoms with Gasteiger partial charge in [-0.05, 0) is 26.2 Å². The summed E-state index contributed by atoms with van der Waals surface area (Å²) in [6.45, 7) is 7.73. The number of aromatic nitrogens is 1. The van der Waals surface area contributed by atoms with E-state index in [1.54, 1.807) is 18.3 Å². The Morgan fingerprint density at radius 3 is 2.79 bits per heavy atom. The number of rotatable bonds is 4. The first kappa shape index (κ1) is 14.5. The molecule has 1 aliphatic rings. The average Bonchev–Trinajstić information content (AvgIpc) is 2.88. The molecule has 0 saturated carbocycles. The van der Waals surface area contributed by atoms with Crippen molar-refractivity contribution in [2.24, 2.45) is 0 Å². The highest BCUT2D eigenvalue weighted by Crippen LogP contribution is 2.22. The fourth-order valence-corrected chi connectivity index (χ4v) is 3.34. The molecule has 1 aliphatic heterocycles. The average molecular weight is 281 g/mol. The zero-order valence-corrected chi connectivity index (χ0v) is 12.8. The van der Waals surface area contributed by atoms with Crippen LogP contribution in [0.5, 0.6) is 0 Å². The molecular formula is C14H23N3OS. The Hall–Kier alpha value is -0.940. The number of nitrogens with one attached hydrogen (secondary N) is 1. The normalized spacial score (nSPS) is 18.6. The van der Waals surface area contributed by atoms with E-state index in [0.29, 0.717) is 12.1 Å². The number of carbonyl (C=O) groups excluding carboxylic acids is 1. The van der Waals surface area contributed by atoms with Crippen LogP contribution in [-0.4, -0.2) is 34.9 Å². The van der Waals surface area contributed by atoms with Crippen molar-refractivity contribution in [1.82, 2.24) is 15.2 Å². The molecule has 106 valence electrons. The van der Waals surface area contributed by atoms with Crippen LogP contribution < -0.4 is 5.32 Å². The van der Waals surface area contributed by atoms with Crippen LogP contribution in [0.4, 0.5) is 0 Å². The Balaban J connectivity index is 1.83. The maximum atomic E-state index is 11.3. The van der Waals surface area contributed by atoms with Gasteiger partial charge in [-0.25, -0.2) is 4.98 Å². The van der Waals surface area contributed by atoms with Gasteiger partial charge in [-0.15, -0.1) is 11.3 Å². The molecule has 1 N–H and O–H groups in total. The zero-order chi connectivity index (χ0) is 13.8. The van der Waals surface area contributed by atoms with Crippen molar-refractivity contribution in [3.63, 3.8) is 0 Å². The first-order valence-corrected chi connectivity index (χ1v) is 7.88. The third-order valence-corrected chi connectivity index (χ3v) is 5.04. The molecule has 2 rings (SSSR count). The topological polar surface area (TPSA) is 45.2 Å². The van der Waals surface area contributed by atoms with Crippen molar-refractivity contribution in [3.05, 3.63) is 16.1 Å². The Morgan fingerprint density at radius 1 is 1.58 bits per heavy atom. The summed E-state index contributed by atoms with van der Waals surface area (Å²) in [6, 6.07) is 0.804. The van der Waals surface area contributed by atoms with E-state index < -0.39 is 0 Å². The molecule has 1 unspecified atom stereocenters. The molecule has 0 aromatic carbocycles. The van der Waals surface area contributed by atoms with Crippen molar-refractivity contribution in [2.45, 2.75) is 52.1 Å². The number of piperidine rings is 1. The van der Waals surface area contributed by atoms with Crippen LogP contribution in [0.3, 0.4) is 0 Å². The molecule has 0 radical (unpaired) electrons. The van der Waals surface area contributed by atoms with Gasteiger partial charge in [-0.3, -0.25) is 4.79 Å². The van der Waals surface area contributed by atoms with Gasteiger partial charge < -0.3 is 10.2 Å². The van der Waals surface area contributed by atoms with E-state index in [1.165, 1.54) is 9.88 Å². The molecule has 4 nitrogen and oxygen atoms in total. The quantitative estimate of drug-likeness (QED) is 0.921. The number of nitrogens with zero attached hydrogens (tertiary/aromatic N) is 2. The number of thiazole rings is 1. The largest absolute Gasteiger partial charge is 0.343 e. The highest BCUT2D eigenvalue weighted by atomic mass is 32.1. The van der Waals surface area contributed by atoms with E-state index in [9.17, 15) is 4.79 Å². The van der Waals surface area contributed by atoms with Crippen molar-refractivity contribution >= 4 is 17.2 Å². The van der Waals surface area contributed by atoms with Gasteiger partial charge in [0.15, 0.2) is 0 Å². The maximum Gasteiger partial charge on any atom is 0.219 e. The highest BCUT2D eigenvalue weighted by molar-refractivity contribution is 7.11. The number of aryl methyl sites for hydroxylation is 1. The summed E-state index contributed by atoms with van der Waals surface area (Å²) in [7, 11) is 0. The molecule has 2 heterocycles. The van der Waals surface area contributed by atoms with Crippen LogP contribution in [-0.2, 0) is 11.2 Å². The Morgan fingerprint density at radius 2 is 2.26 bits per heavy atom. The fourth-order valence-electron chi connectivity index (χ4n) is 2.47. The molecule has 1 aromatic rings. The minimum atomic E-state index is 0.194. The van der Waals surface area contributed by atoms with E-state index in [1.807, 2.05) is 11.1 Å². The van der Waals surface area contributed by atoms with Crippen LogP contribution in [0, 0.1) is 0 Å². The summed E-state index contributed by atoms with van der Waals surface area (Å²) in [5, 5.41) is 4.81. The van der Waals surface area contributed by atoms with Crippen molar-refractivity contribution < 1.29 is 4.79 Å². The number of hydrogen-bond acceptors (Lipinski definition) is 4. The number of carbonyl (C=O) groups is 1. The number of likely N-dealkylation sites (tertiary alicyclic amines) is 1. The van der Waals surface area contributed by atoms with Crippen LogP contribution in [0.15, 0.2) is 6.20 Å². The second kappa shape index (κ2) is 6.48. The van der Waals surface area contributed by atoms with Gasteiger partial charge in [-0.1, -0.05) is 6.92 Å². The summed E-state index contributed by atoms with van der Waals surface area (Å²) >= 11 is 1.80. The van der Waals surface area contributed by atoms with E-state index in [2.05, 4.69) is 24.1 Å². The lowest BCUT2D eigenvalue weighted by Gasteiger charge is -2.33. The lowest BCUT2D eigenvalue weighted by Crippen LogP contribution is -2.44. The van der Waals surface area contributed by atoms with Crippen LogP contribution in [0.25, 0.3) is 0 Å². The highest BCUT2D eigenvalue weighted by Gasteiger charge is 2.22. The maximum absolute atomic E-state index is 11.3. The molecule has 1 saturated heterocycles. The molecule has 1 fully saturated rings. The van der Waals surface area contributed by atoms with Gasteiger partial charge >= 0.3 is 0 Å². The summed E-state index contributed by atoms with van der Waals surface area (Å²) in [5.74, 6) is 0.194. The molecule has 1 amide bonds. The van der Waals surface area contributed by atoms with Gasteiger partial charge in [0.25, 0.3) is 0 Å². The van der Waals surface area contributed by atoms with E-state index in [-0.39, 0.29) is 5.91 Å². The van der Waals surface area contributed by atoms with E-state index in [0.717, 1.165) is 32.4 Å². The van der Waals surface area contributed by atoms with Gasteiger partial charge in [0.05, 0.1) is 6.04 Å². The standard InChI is InChI=1S/C14H23N3OS/c1-4-13-9-15-14(19-13)10(2)16-12-5-7-17(8-6-12)11(3)18/h9-10,12,16H,4-8H2,1-3H3.